The predicted molar refractivity (Wildman–Crippen MR) is 92.5 cm³/mol. The summed E-state index contributed by atoms with van der Waals surface area (Å²) in [5.41, 5.74) is 0. The first-order valence-electron chi connectivity index (χ1n) is 7.87. The monoisotopic (exact) mass is 418 g/mol. The summed E-state index contributed by atoms with van der Waals surface area (Å²) in [5, 5.41) is 2.56. The zero-order valence-corrected chi connectivity index (χ0v) is 16.2. The molecule has 0 aromatic rings. The molecule has 154 valence electrons. The molecule has 26 heavy (non-hydrogen) atoms. The summed E-state index contributed by atoms with van der Waals surface area (Å²) in [6.45, 7) is 1.47. The second-order valence-electron chi connectivity index (χ2n) is 5.29. The number of sulfonamides is 1. The van der Waals surface area contributed by atoms with Gasteiger partial charge in [-0.1, -0.05) is 0 Å². The Hall–Kier alpha value is -1.28. The van der Waals surface area contributed by atoms with Crippen LogP contribution in [-0.4, -0.2) is 78.2 Å². The van der Waals surface area contributed by atoms with Crippen LogP contribution in [0.1, 0.15) is 25.7 Å². The molecule has 0 saturated heterocycles. The lowest BCUT2D eigenvalue weighted by Crippen LogP contribution is -2.33. The van der Waals surface area contributed by atoms with Crippen molar-refractivity contribution in [3.05, 3.63) is 0 Å². The van der Waals surface area contributed by atoms with E-state index < -0.39 is 37.6 Å². The molecule has 3 N–H and O–H groups in total. The number of nitrogens with one attached hydrogen (secondary N) is 2. The van der Waals surface area contributed by atoms with E-state index in [-0.39, 0.29) is 31.6 Å². The number of rotatable bonds is 15. The fourth-order valence-corrected chi connectivity index (χ4v) is 3.29. The summed E-state index contributed by atoms with van der Waals surface area (Å²) >= 11 is 0. The van der Waals surface area contributed by atoms with Crippen molar-refractivity contribution >= 4 is 32.0 Å². The maximum Gasteiger partial charge on any atom is 0.264 e. The molecule has 0 fully saturated rings. The van der Waals surface area contributed by atoms with E-state index in [9.17, 15) is 26.4 Å². The third kappa shape index (κ3) is 16.2. The Morgan fingerprint density at radius 1 is 0.923 bits per heavy atom. The van der Waals surface area contributed by atoms with Gasteiger partial charge >= 0.3 is 0 Å². The third-order valence-electron chi connectivity index (χ3n) is 2.89. The van der Waals surface area contributed by atoms with Gasteiger partial charge in [-0.05, 0) is 12.8 Å². The van der Waals surface area contributed by atoms with E-state index >= 15 is 0 Å². The van der Waals surface area contributed by atoms with Crippen LogP contribution in [-0.2, 0) is 39.2 Å². The predicted octanol–water partition coefficient (Wildman–Crippen LogP) is -1.34. The van der Waals surface area contributed by atoms with Crippen LogP contribution in [0.4, 0.5) is 0 Å². The van der Waals surface area contributed by atoms with E-state index in [4.69, 9.17) is 14.0 Å². The Balaban J connectivity index is 3.88. The molecule has 0 spiro atoms. The van der Waals surface area contributed by atoms with E-state index in [0.717, 1.165) is 0 Å². The van der Waals surface area contributed by atoms with Gasteiger partial charge in [-0.25, -0.2) is 8.42 Å². The first kappa shape index (κ1) is 24.7. The van der Waals surface area contributed by atoms with Gasteiger partial charge in [-0.2, -0.15) is 8.42 Å². The highest BCUT2D eigenvalue weighted by Crippen LogP contribution is 1.98. The maximum atomic E-state index is 11.7. The van der Waals surface area contributed by atoms with Gasteiger partial charge in [-0.3, -0.25) is 18.9 Å². The molecular formula is C13H26N2O9S2. The van der Waals surface area contributed by atoms with Gasteiger partial charge in [0.15, 0.2) is 0 Å². The third-order valence-corrected chi connectivity index (χ3v) is 5.06. The van der Waals surface area contributed by atoms with Crippen LogP contribution in [0, 0.1) is 0 Å². The van der Waals surface area contributed by atoms with Crippen LogP contribution < -0.4 is 10.0 Å². The van der Waals surface area contributed by atoms with Crippen molar-refractivity contribution in [2.75, 3.05) is 45.0 Å². The highest BCUT2D eigenvalue weighted by Gasteiger charge is 2.16. The molecule has 13 heteroatoms. The normalized spacial score (nSPS) is 11.9. The van der Waals surface area contributed by atoms with E-state index in [2.05, 4.69) is 5.32 Å². The molecule has 0 aliphatic carbocycles. The zero-order valence-electron chi connectivity index (χ0n) is 14.6. The van der Waals surface area contributed by atoms with Crippen LogP contribution >= 0.6 is 0 Å². The molecule has 0 atom stereocenters. The van der Waals surface area contributed by atoms with Gasteiger partial charge in [0.05, 0.1) is 31.3 Å². The Labute approximate surface area is 153 Å². The van der Waals surface area contributed by atoms with Crippen LogP contribution in [0.5, 0.6) is 0 Å². The SMILES string of the molecule is COCCOCCNC(=O)CCCS(=O)(=O)NC(=O)CCCS(=O)(=O)O. The summed E-state index contributed by atoms with van der Waals surface area (Å²) in [6, 6.07) is 0. The quantitative estimate of drug-likeness (QED) is 0.215. The van der Waals surface area contributed by atoms with Crippen molar-refractivity contribution in [3.63, 3.8) is 0 Å². The molecule has 0 aliphatic rings. The minimum Gasteiger partial charge on any atom is -0.382 e. The minimum absolute atomic E-state index is 0.0179. The molecule has 0 bridgehead atoms. The molecule has 0 saturated carbocycles. The molecule has 11 nitrogen and oxygen atoms in total. The van der Waals surface area contributed by atoms with Gasteiger partial charge in [0.25, 0.3) is 10.1 Å². The highest BCUT2D eigenvalue weighted by molar-refractivity contribution is 7.90. The lowest BCUT2D eigenvalue weighted by atomic mass is 10.3. The number of carbonyl (C=O) groups excluding carboxylic acids is 2. The number of hydrogen-bond acceptors (Lipinski definition) is 8. The van der Waals surface area contributed by atoms with Crippen LogP contribution in [0.3, 0.4) is 0 Å². The summed E-state index contributed by atoms with van der Waals surface area (Å²) in [5.74, 6) is -2.26. The Morgan fingerprint density at radius 3 is 2.15 bits per heavy atom. The van der Waals surface area contributed by atoms with E-state index in [0.29, 0.717) is 26.4 Å². The number of amides is 2. The lowest BCUT2D eigenvalue weighted by Gasteiger charge is -2.08. The number of ether oxygens (including phenoxy) is 2. The van der Waals surface area contributed by atoms with Crippen LogP contribution in [0.25, 0.3) is 0 Å². The minimum atomic E-state index is -4.19. The second kappa shape index (κ2) is 13.0. The molecule has 0 aromatic heterocycles. The van der Waals surface area contributed by atoms with Gasteiger partial charge < -0.3 is 14.8 Å². The largest absolute Gasteiger partial charge is 0.382 e. The molecule has 2 amide bonds. The average molecular weight is 418 g/mol. The van der Waals surface area contributed by atoms with Gasteiger partial charge in [0, 0.05) is 26.5 Å². The topological polar surface area (TPSA) is 165 Å². The van der Waals surface area contributed by atoms with E-state index in [1.165, 1.54) is 0 Å². The molecule has 0 aromatic carbocycles. The summed E-state index contributed by atoms with van der Waals surface area (Å²) in [7, 11) is -6.56. The maximum absolute atomic E-state index is 11.7. The number of hydrogen-bond donors (Lipinski definition) is 3. The van der Waals surface area contributed by atoms with Crippen molar-refractivity contribution in [2.45, 2.75) is 25.7 Å². The molecular weight excluding hydrogens is 392 g/mol. The Kier molecular flexibility index (Phi) is 12.3. The molecule has 0 heterocycles. The summed E-state index contributed by atoms with van der Waals surface area (Å²) < 4.78 is 64.6. The van der Waals surface area contributed by atoms with Crippen molar-refractivity contribution in [1.82, 2.24) is 10.0 Å². The summed E-state index contributed by atoms with van der Waals surface area (Å²) in [6.07, 6.45) is -0.572. The number of carbonyl (C=O) groups is 2. The van der Waals surface area contributed by atoms with Crippen molar-refractivity contribution in [2.24, 2.45) is 0 Å². The van der Waals surface area contributed by atoms with Crippen molar-refractivity contribution < 1.29 is 40.5 Å². The second-order valence-corrected chi connectivity index (χ2v) is 8.71. The fraction of sp³-hybridized carbons (Fsp3) is 0.846. The molecule has 0 unspecified atom stereocenters. The van der Waals surface area contributed by atoms with Gasteiger partial charge in [0.1, 0.15) is 0 Å². The highest BCUT2D eigenvalue weighted by atomic mass is 32.2. The molecule has 0 aliphatic heterocycles. The smallest absolute Gasteiger partial charge is 0.264 e. The zero-order chi connectivity index (χ0) is 20.1. The fourth-order valence-electron chi connectivity index (χ4n) is 1.71. The van der Waals surface area contributed by atoms with E-state index in [1.807, 2.05) is 0 Å². The first-order chi connectivity index (χ1) is 12.1. The van der Waals surface area contributed by atoms with E-state index in [1.54, 1.807) is 11.8 Å². The number of methoxy groups -OCH3 is 1. The van der Waals surface area contributed by atoms with Crippen LogP contribution in [0.15, 0.2) is 0 Å². The summed E-state index contributed by atoms with van der Waals surface area (Å²) in [4.78, 5) is 22.9. The first-order valence-corrected chi connectivity index (χ1v) is 11.1. The lowest BCUT2D eigenvalue weighted by molar-refractivity contribution is -0.121. The van der Waals surface area contributed by atoms with Crippen LogP contribution in [0.2, 0.25) is 0 Å². The average Bonchev–Trinajstić information content (AvgIpc) is 2.48. The van der Waals surface area contributed by atoms with Gasteiger partial charge in [-0.15, -0.1) is 0 Å². The molecule has 0 rings (SSSR count). The van der Waals surface area contributed by atoms with Crippen molar-refractivity contribution in [1.29, 1.82) is 0 Å². The Morgan fingerprint density at radius 2 is 1.54 bits per heavy atom. The van der Waals surface area contributed by atoms with Gasteiger partial charge in [0.2, 0.25) is 21.8 Å². The molecule has 0 radical (unpaired) electrons. The Bertz CT molecular complexity index is 632. The van der Waals surface area contributed by atoms with Crippen molar-refractivity contribution in [3.8, 4) is 0 Å². The standard InChI is InChI=1S/C13H26N2O9S2/c1-23-8-9-24-7-6-14-12(16)4-2-10-25(18,19)15-13(17)5-3-11-26(20,21)22/h2-11H2,1H3,(H,14,16)(H,15,17)(H,20,21,22).